The molecule has 28 heavy (non-hydrogen) atoms. The topological polar surface area (TPSA) is 66.9 Å². The summed E-state index contributed by atoms with van der Waals surface area (Å²) in [5.74, 6) is 1.74. The maximum Gasteiger partial charge on any atom is 0.322 e. The molecule has 0 saturated carbocycles. The molecule has 2 aliphatic rings. The van der Waals surface area contributed by atoms with Gasteiger partial charge in [0.1, 0.15) is 11.6 Å². The van der Waals surface area contributed by atoms with E-state index in [9.17, 15) is 4.79 Å². The third kappa shape index (κ3) is 4.04. The summed E-state index contributed by atoms with van der Waals surface area (Å²) in [4.78, 5) is 21.4. The fourth-order valence-electron chi connectivity index (χ4n) is 3.82. The van der Waals surface area contributed by atoms with Crippen molar-refractivity contribution in [1.82, 2.24) is 9.88 Å². The first-order valence-corrected chi connectivity index (χ1v) is 9.75. The predicted molar refractivity (Wildman–Crippen MR) is 108 cm³/mol. The summed E-state index contributed by atoms with van der Waals surface area (Å²) in [5, 5.41) is 2.99. The largest absolute Gasteiger partial charge is 0.497 e. The number of nitrogens with one attached hydrogen (secondary N) is 1. The minimum atomic E-state index is -0.0840. The van der Waals surface area contributed by atoms with Gasteiger partial charge in [0.25, 0.3) is 0 Å². The number of pyridine rings is 1. The number of likely N-dealkylation sites (tertiary alicyclic amines) is 1. The maximum atomic E-state index is 12.8. The number of rotatable bonds is 4. The third-order valence-electron chi connectivity index (χ3n) is 5.35. The number of benzene rings is 1. The number of hydrogen-bond donors (Lipinski definition) is 1. The minimum absolute atomic E-state index is 0.0840. The van der Waals surface area contributed by atoms with Crippen molar-refractivity contribution in [2.45, 2.75) is 18.9 Å². The Morgan fingerprint density at radius 2 is 1.93 bits per heavy atom. The zero-order chi connectivity index (χ0) is 19.3. The summed E-state index contributed by atoms with van der Waals surface area (Å²) in [5.41, 5.74) is 1.84. The summed E-state index contributed by atoms with van der Waals surface area (Å²) >= 11 is 0. The molecule has 0 spiro atoms. The van der Waals surface area contributed by atoms with Crippen molar-refractivity contribution in [2.75, 3.05) is 50.2 Å². The number of carbonyl (C=O) groups is 1. The summed E-state index contributed by atoms with van der Waals surface area (Å²) in [6.45, 7) is 3.89. The average molecular weight is 382 g/mol. The number of morpholine rings is 1. The highest BCUT2D eigenvalue weighted by atomic mass is 16.5. The van der Waals surface area contributed by atoms with Crippen molar-refractivity contribution in [3.8, 4) is 5.75 Å². The molecule has 1 N–H and O–H groups in total. The first-order valence-electron chi connectivity index (χ1n) is 9.75. The molecule has 7 nitrogen and oxygen atoms in total. The van der Waals surface area contributed by atoms with Crippen LogP contribution in [0.2, 0.25) is 0 Å². The van der Waals surface area contributed by atoms with Crippen molar-refractivity contribution >= 4 is 17.5 Å². The summed E-state index contributed by atoms with van der Waals surface area (Å²) in [6.07, 6.45) is 3.69. The number of ether oxygens (including phenoxy) is 2. The maximum absolute atomic E-state index is 12.8. The van der Waals surface area contributed by atoms with Crippen LogP contribution in [0.4, 0.5) is 16.3 Å². The van der Waals surface area contributed by atoms with Gasteiger partial charge in [-0.2, -0.15) is 0 Å². The lowest BCUT2D eigenvalue weighted by Gasteiger charge is -2.28. The normalized spacial score (nSPS) is 19.5. The quantitative estimate of drug-likeness (QED) is 0.879. The van der Waals surface area contributed by atoms with Crippen molar-refractivity contribution in [2.24, 2.45) is 0 Å². The SMILES string of the molecule is COc1ccc(C2CCCN2C(=O)Nc2ccc(N3CCOCC3)nc2)cc1. The Balaban J connectivity index is 1.40. The fourth-order valence-corrected chi connectivity index (χ4v) is 3.82. The summed E-state index contributed by atoms with van der Waals surface area (Å²) < 4.78 is 10.6. The average Bonchev–Trinajstić information content (AvgIpc) is 3.25. The van der Waals surface area contributed by atoms with Gasteiger partial charge >= 0.3 is 6.03 Å². The van der Waals surface area contributed by atoms with Gasteiger partial charge in [0, 0.05) is 19.6 Å². The Bertz CT molecular complexity index is 788. The molecular formula is C21H26N4O3. The van der Waals surface area contributed by atoms with Crippen LogP contribution in [-0.2, 0) is 4.74 Å². The molecule has 0 radical (unpaired) electrons. The third-order valence-corrected chi connectivity index (χ3v) is 5.35. The number of anilines is 2. The molecule has 148 valence electrons. The molecule has 3 heterocycles. The molecule has 2 fully saturated rings. The van der Waals surface area contributed by atoms with Crippen molar-refractivity contribution in [3.63, 3.8) is 0 Å². The van der Waals surface area contributed by atoms with Gasteiger partial charge in [-0.05, 0) is 42.7 Å². The first kappa shape index (κ1) is 18.6. The highest BCUT2D eigenvalue weighted by molar-refractivity contribution is 5.89. The molecule has 1 aromatic heterocycles. The molecule has 2 amide bonds. The van der Waals surface area contributed by atoms with Gasteiger partial charge in [-0.1, -0.05) is 12.1 Å². The van der Waals surface area contributed by atoms with Crippen LogP contribution in [0.25, 0.3) is 0 Å². The van der Waals surface area contributed by atoms with E-state index in [4.69, 9.17) is 9.47 Å². The van der Waals surface area contributed by atoms with Gasteiger partial charge < -0.3 is 24.6 Å². The van der Waals surface area contributed by atoms with E-state index in [1.165, 1.54) is 0 Å². The number of methoxy groups -OCH3 is 1. The van der Waals surface area contributed by atoms with Gasteiger partial charge in [-0.3, -0.25) is 0 Å². The van der Waals surface area contributed by atoms with Crippen LogP contribution in [0, 0.1) is 0 Å². The Kier molecular flexibility index (Phi) is 5.62. The van der Waals surface area contributed by atoms with Gasteiger partial charge in [-0.15, -0.1) is 0 Å². The van der Waals surface area contributed by atoms with E-state index in [0.29, 0.717) is 5.69 Å². The molecule has 7 heteroatoms. The zero-order valence-electron chi connectivity index (χ0n) is 16.1. The zero-order valence-corrected chi connectivity index (χ0v) is 16.1. The first-order chi connectivity index (χ1) is 13.7. The van der Waals surface area contributed by atoms with Crippen LogP contribution >= 0.6 is 0 Å². The number of urea groups is 1. The van der Waals surface area contributed by atoms with Crippen LogP contribution in [-0.4, -0.2) is 55.9 Å². The standard InChI is InChI=1S/C21H26N4O3/c1-27-18-7-4-16(5-8-18)19-3-2-10-25(19)21(26)23-17-6-9-20(22-15-17)24-11-13-28-14-12-24/h4-9,15,19H,2-3,10-14H2,1H3,(H,23,26). The molecule has 2 saturated heterocycles. The number of amides is 2. The van der Waals surface area contributed by atoms with E-state index in [2.05, 4.69) is 15.2 Å². The van der Waals surface area contributed by atoms with E-state index in [0.717, 1.165) is 62.8 Å². The van der Waals surface area contributed by atoms with Crippen LogP contribution in [0.3, 0.4) is 0 Å². The molecule has 4 rings (SSSR count). The summed E-state index contributed by atoms with van der Waals surface area (Å²) in [6, 6.07) is 11.8. The van der Waals surface area contributed by atoms with Crippen LogP contribution in [0.15, 0.2) is 42.6 Å². The van der Waals surface area contributed by atoms with E-state index in [1.807, 2.05) is 41.3 Å². The van der Waals surface area contributed by atoms with Crippen LogP contribution in [0.5, 0.6) is 5.75 Å². The lowest BCUT2D eigenvalue weighted by molar-refractivity contribution is 0.122. The fraction of sp³-hybridized carbons (Fsp3) is 0.429. The number of nitrogens with zero attached hydrogens (tertiary/aromatic N) is 3. The smallest absolute Gasteiger partial charge is 0.322 e. The minimum Gasteiger partial charge on any atom is -0.497 e. The predicted octanol–water partition coefficient (Wildman–Crippen LogP) is 3.30. The molecule has 1 atom stereocenters. The molecule has 0 bridgehead atoms. The second kappa shape index (κ2) is 8.48. The van der Waals surface area contributed by atoms with Crippen molar-refractivity contribution in [3.05, 3.63) is 48.2 Å². The van der Waals surface area contributed by atoms with Crippen molar-refractivity contribution < 1.29 is 14.3 Å². The van der Waals surface area contributed by atoms with E-state index in [1.54, 1.807) is 13.3 Å². The monoisotopic (exact) mass is 382 g/mol. The Morgan fingerprint density at radius 3 is 2.61 bits per heavy atom. The van der Waals surface area contributed by atoms with Gasteiger partial charge in [0.2, 0.25) is 0 Å². The van der Waals surface area contributed by atoms with Crippen molar-refractivity contribution in [1.29, 1.82) is 0 Å². The lowest BCUT2D eigenvalue weighted by atomic mass is 10.0. The number of aromatic nitrogens is 1. The van der Waals surface area contributed by atoms with E-state index in [-0.39, 0.29) is 12.1 Å². The number of carbonyl (C=O) groups excluding carboxylic acids is 1. The van der Waals surface area contributed by atoms with Gasteiger partial charge in [-0.25, -0.2) is 9.78 Å². The molecule has 1 unspecified atom stereocenters. The lowest BCUT2D eigenvalue weighted by Crippen LogP contribution is -2.36. The Labute approximate surface area is 165 Å². The second-order valence-corrected chi connectivity index (χ2v) is 7.06. The molecule has 2 aromatic rings. The molecule has 0 aliphatic carbocycles. The van der Waals surface area contributed by atoms with Crippen LogP contribution in [0.1, 0.15) is 24.4 Å². The van der Waals surface area contributed by atoms with E-state index >= 15 is 0 Å². The highest BCUT2D eigenvalue weighted by Gasteiger charge is 2.30. The highest BCUT2D eigenvalue weighted by Crippen LogP contribution is 2.33. The summed E-state index contributed by atoms with van der Waals surface area (Å²) in [7, 11) is 1.66. The molecule has 1 aromatic carbocycles. The molecular weight excluding hydrogens is 356 g/mol. The Morgan fingerprint density at radius 1 is 1.14 bits per heavy atom. The molecule has 2 aliphatic heterocycles. The number of hydrogen-bond acceptors (Lipinski definition) is 5. The van der Waals surface area contributed by atoms with E-state index < -0.39 is 0 Å². The second-order valence-electron chi connectivity index (χ2n) is 7.06. The van der Waals surface area contributed by atoms with Crippen LogP contribution < -0.4 is 15.0 Å². The van der Waals surface area contributed by atoms with Gasteiger partial charge in [0.05, 0.1) is 38.2 Å². The van der Waals surface area contributed by atoms with Gasteiger partial charge in [0.15, 0.2) is 0 Å². The Hall–Kier alpha value is -2.80.